The molecule has 0 saturated carbocycles. The molecule has 2 aromatic heterocycles. The highest BCUT2D eigenvalue weighted by Gasteiger charge is 2.19. The van der Waals surface area contributed by atoms with Gasteiger partial charge in [0.15, 0.2) is 0 Å². The van der Waals surface area contributed by atoms with Gasteiger partial charge in [0.25, 0.3) is 0 Å². The van der Waals surface area contributed by atoms with Crippen molar-refractivity contribution in [1.82, 2.24) is 9.97 Å². The number of nitrogens with one attached hydrogen (secondary N) is 1. The van der Waals surface area contributed by atoms with E-state index in [4.69, 9.17) is 11.6 Å². The van der Waals surface area contributed by atoms with Gasteiger partial charge in [-0.3, -0.25) is 0 Å². The molecule has 0 bridgehead atoms. The highest BCUT2D eigenvalue weighted by molar-refractivity contribution is 6.30. The van der Waals surface area contributed by atoms with Crippen molar-refractivity contribution in [1.29, 1.82) is 0 Å². The fourth-order valence-corrected chi connectivity index (χ4v) is 2.77. The molecule has 0 amide bonds. The monoisotopic (exact) mass is 302 g/mol. The summed E-state index contributed by atoms with van der Waals surface area (Å²) in [4.78, 5) is 10.9. The van der Waals surface area contributed by atoms with Crippen LogP contribution in [-0.2, 0) is 0 Å². The topological polar surface area (TPSA) is 41.0 Å². The van der Waals surface area contributed by atoms with Gasteiger partial charge in [0.2, 0.25) is 0 Å². The largest absolute Gasteiger partial charge is 0.381 e. The minimum atomic E-state index is 0.479. The van der Waals surface area contributed by atoms with Crippen LogP contribution in [0, 0.1) is 6.92 Å². The summed E-state index contributed by atoms with van der Waals surface area (Å²) in [5, 5.41) is 4.13. The first-order chi connectivity index (χ1) is 10.2. The standard InChI is InChI=1S/C16H19ClN4/c1-12-10-14(11-19-16(12)17)20-13-5-8-21(9-6-13)15-4-2-3-7-18-15/h2-4,7,10-11,13,20H,5-6,8-9H2,1H3. The van der Waals surface area contributed by atoms with Crippen molar-refractivity contribution in [3.63, 3.8) is 0 Å². The summed E-state index contributed by atoms with van der Waals surface area (Å²) in [5.41, 5.74) is 2.06. The van der Waals surface area contributed by atoms with Gasteiger partial charge in [-0.25, -0.2) is 9.97 Å². The number of anilines is 2. The van der Waals surface area contributed by atoms with Crippen LogP contribution >= 0.6 is 11.6 Å². The molecule has 21 heavy (non-hydrogen) atoms. The molecule has 0 radical (unpaired) electrons. The summed E-state index contributed by atoms with van der Waals surface area (Å²) in [6.45, 7) is 4.02. The van der Waals surface area contributed by atoms with Crippen molar-refractivity contribution in [2.45, 2.75) is 25.8 Å². The van der Waals surface area contributed by atoms with Gasteiger partial charge in [0.1, 0.15) is 11.0 Å². The van der Waals surface area contributed by atoms with Crippen LogP contribution in [0.3, 0.4) is 0 Å². The molecule has 4 nitrogen and oxygen atoms in total. The Morgan fingerprint density at radius 3 is 2.71 bits per heavy atom. The second-order valence-corrected chi connectivity index (χ2v) is 5.78. The smallest absolute Gasteiger partial charge is 0.132 e. The van der Waals surface area contributed by atoms with Crippen LogP contribution in [0.1, 0.15) is 18.4 Å². The number of aromatic nitrogens is 2. The molecule has 0 aromatic carbocycles. The Bertz CT molecular complexity index is 594. The Kier molecular flexibility index (Phi) is 4.25. The Labute approximate surface area is 130 Å². The van der Waals surface area contributed by atoms with Crippen molar-refractivity contribution in [3.05, 3.63) is 47.4 Å². The van der Waals surface area contributed by atoms with E-state index in [2.05, 4.69) is 32.3 Å². The number of nitrogens with zero attached hydrogens (tertiary/aromatic N) is 3. The van der Waals surface area contributed by atoms with Crippen molar-refractivity contribution in [2.75, 3.05) is 23.3 Å². The first-order valence-corrected chi connectivity index (χ1v) is 7.65. The van der Waals surface area contributed by atoms with E-state index >= 15 is 0 Å². The lowest BCUT2D eigenvalue weighted by Gasteiger charge is -2.33. The summed E-state index contributed by atoms with van der Waals surface area (Å²) in [7, 11) is 0. The fourth-order valence-electron chi connectivity index (χ4n) is 2.67. The van der Waals surface area contributed by atoms with Crippen LogP contribution in [0.5, 0.6) is 0 Å². The third kappa shape index (κ3) is 3.45. The molecule has 1 N–H and O–H groups in total. The van der Waals surface area contributed by atoms with Crippen LogP contribution in [0.2, 0.25) is 5.15 Å². The molecule has 0 unspecified atom stereocenters. The molecule has 0 aliphatic carbocycles. The maximum absolute atomic E-state index is 5.96. The highest BCUT2D eigenvalue weighted by Crippen LogP contribution is 2.22. The molecule has 1 fully saturated rings. The van der Waals surface area contributed by atoms with Crippen LogP contribution < -0.4 is 10.2 Å². The van der Waals surface area contributed by atoms with E-state index in [1.54, 1.807) is 6.20 Å². The van der Waals surface area contributed by atoms with Crippen molar-refractivity contribution in [3.8, 4) is 0 Å². The predicted octanol–water partition coefficient (Wildman–Crippen LogP) is 3.52. The molecule has 1 aliphatic heterocycles. The van der Waals surface area contributed by atoms with E-state index in [0.717, 1.165) is 43.0 Å². The third-order valence-corrected chi connectivity index (χ3v) is 4.25. The van der Waals surface area contributed by atoms with E-state index < -0.39 is 0 Å². The number of hydrogen-bond donors (Lipinski definition) is 1. The molecule has 0 spiro atoms. The molecule has 1 saturated heterocycles. The average molecular weight is 303 g/mol. The van der Waals surface area contributed by atoms with Crippen molar-refractivity contribution in [2.24, 2.45) is 0 Å². The van der Waals surface area contributed by atoms with Crippen molar-refractivity contribution < 1.29 is 0 Å². The summed E-state index contributed by atoms with van der Waals surface area (Å²) >= 11 is 5.96. The average Bonchev–Trinajstić information content (AvgIpc) is 2.53. The summed E-state index contributed by atoms with van der Waals surface area (Å²) in [6.07, 6.45) is 5.85. The Morgan fingerprint density at radius 2 is 2.05 bits per heavy atom. The van der Waals surface area contributed by atoms with Gasteiger partial charge in [-0.2, -0.15) is 0 Å². The van der Waals surface area contributed by atoms with E-state index in [1.807, 2.05) is 25.3 Å². The molecule has 3 rings (SSSR count). The maximum atomic E-state index is 5.96. The van der Waals surface area contributed by atoms with E-state index in [-0.39, 0.29) is 0 Å². The van der Waals surface area contributed by atoms with Gasteiger partial charge in [-0.15, -0.1) is 0 Å². The van der Waals surface area contributed by atoms with E-state index in [0.29, 0.717) is 11.2 Å². The van der Waals surface area contributed by atoms with Gasteiger partial charge in [-0.05, 0) is 43.5 Å². The van der Waals surface area contributed by atoms with Gasteiger partial charge in [-0.1, -0.05) is 17.7 Å². The molecule has 2 aromatic rings. The molecule has 3 heterocycles. The highest BCUT2D eigenvalue weighted by atomic mass is 35.5. The summed E-state index contributed by atoms with van der Waals surface area (Å²) in [5.74, 6) is 1.07. The number of halogens is 1. The van der Waals surface area contributed by atoms with Gasteiger partial charge in [0, 0.05) is 25.3 Å². The minimum Gasteiger partial charge on any atom is -0.381 e. The van der Waals surface area contributed by atoms with Crippen LogP contribution in [0.25, 0.3) is 0 Å². The molecule has 5 heteroatoms. The van der Waals surface area contributed by atoms with E-state index in [1.165, 1.54) is 0 Å². The Morgan fingerprint density at radius 1 is 1.24 bits per heavy atom. The lowest BCUT2D eigenvalue weighted by atomic mass is 10.0. The van der Waals surface area contributed by atoms with Crippen LogP contribution in [-0.4, -0.2) is 29.1 Å². The molecular formula is C16H19ClN4. The Balaban J connectivity index is 1.57. The zero-order valence-electron chi connectivity index (χ0n) is 12.1. The zero-order chi connectivity index (χ0) is 14.7. The van der Waals surface area contributed by atoms with Crippen LogP contribution in [0.4, 0.5) is 11.5 Å². The molecule has 110 valence electrons. The van der Waals surface area contributed by atoms with Crippen LogP contribution in [0.15, 0.2) is 36.7 Å². The lowest BCUT2D eigenvalue weighted by molar-refractivity contribution is 0.523. The quantitative estimate of drug-likeness (QED) is 0.881. The lowest BCUT2D eigenvalue weighted by Crippen LogP contribution is -2.39. The number of rotatable bonds is 3. The second-order valence-electron chi connectivity index (χ2n) is 5.43. The number of aryl methyl sites for hydroxylation is 1. The minimum absolute atomic E-state index is 0.479. The predicted molar refractivity (Wildman–Crippen MR) is 87.1 cm³/mol. The first kappa shape index (κ1) is 14.1. The third-order valence-electron chi connectivity index (χ3n) is 3.85. The summed E-state index contributed by atoms with van der Waals surface area (Å²) in [6, 6.07) is 8.59. The van der Waals surface area contributed by atoms with Gasteiger partial charge < -0.3 is 10.2 Å². The molecule has 1 aliphatic rings. The number of hydrogen-bond acceptors (Lipinski definition) is 4. The van der Waals surface area contributed by atoms with Crippen molar-refractivity contribution >= 4 is 23.1 Å². The maximum Gasteiger partial charge on any atom is 0.132 e. The zero-order valence-corrected chi connectivity index (χ0v) is 12.8. The first-order valence-electron chi connectivity index (χ1n) is 7.27. The van der Waals surface area contributed by atoms with E-state index in [9.17, 15) is 0 Å². The fraction of sp³-hybridized carbons (Fsp3) is 0.375. The summed E-state index contributed by atoms with van der Waals surface area (Å²) < 4.78 is 0. The SMILES string of the molecule is Cc1cc(NC2CCN(c3ccccn3)CC2)cnc1Cl. The van der Waals surface area contributed by atoms with Gasteiger partial charge >= 0.3 is 0 Å². The number of pyridine rings is 2. The van der Waals surface area contributed by atoms with Gasteiger partial charge in [0.05, 0.1) is 11.9 Å². The molecule has 0 atom stereocenters. The normalized spacial score (nSPS) is 16.0. The second kappa shape index (κ2) is 6.31. The Hall–Kier alpha value is -1.81. The molecular weight excluding hydrogens is 284 g/mol. The number of piperidine rings is 1.